The van der Waals surface area contributed by atoms with E-state index in [4.69, 9.17) is 4.74 Å². The lowest BCUT2D eigenvalue weighted by Gasteiger charge is -2.28. The average molecular weight is 211 g/mol. The van der Waals surface area contributed by atoms with Gasteiger partial charge in [-0.25, -0.2) is 0 Å². The number of cyclic esters (lactones) is 1. The fraction of sp³-hybridized carbons (Fsp3) is 0.917. The van der Waals surface area contributed by atoms with Crippen molar-refractivity contribution in [2.24, 2.45) is 5.92 Å². The van der Waals surface area contributed by atoms with Gasteiger partial charge in [-0.1, -0.05) is 19.3 Å². The van der Waals surface area contributed by atoms with Crippen molar-refractivity contribution in [2.75, 3.05) is 20.2 Å². The number of ether oxygens (including phenoxy) is 1. The molecule has 0 aromatic rings. The van der Waals surface area contributed by atoms with Crippen LogP contribution in [0.4, 0.5) is 0 Å². The second-order valence-corrected chi connectivity index (χ2v) is 4.92. The molecule has 3 heteroatoms. The topological polar surface area (TPSA) is 29.5 Å². The van der Waals surface area contributed by atoms with Gasteiger partial charge in [-0.2, -0.15) is 0 Å². The smallest absolute Gasteiger partial charge is 0.323 e. The Morgan fingerprint density at radius 3 is 2.60 bits per heavy atom. The molecule has 1 aliphatic heterocycles. The van der Waals surface area contributed by atoms with Crippen molar-refractivity contribution in [3.05, 3.63) is 0 Å². The van der Waals surface area contributed by atoms with Crippen LogP contribution in [0, 0.1) is 5.92 Å². The number of carbonyl (C=O) groups is 1. The van der Waals surface area contributed by atoms with E-state index in [2.05, 4.69) is 11.9 Å². The summed E-state index contributed by atoms with van der Waals surface area (Å²) in [5.74, 6) is 0.783. The summed E-state index contributed by atoms with van der Waals surface area (Å²) < 4.78 is 5.00. The van der Waals surface area contributed by atoms with E-state index < -0.39 is 0 Å². The normalized spacial score (nSPS) is 28.4. The van der Waals surface area contributed by atoms with E-state index in [9.17, 15) is 4.79 Å². The highest BCUT2D eigenvalue weighted by atomic mass is 16.5. The molecule has 0 bridgehead atoms. The summed E-state index contributed by atoms with van der Waals surface area (Å²) in [6.07, 6.45) is 7.69. The van der Waals surface area contributed by atoms with Gasteiger partial charge in [0.1, 0.15) is 6.04 Å². The lowest BCUT2D eigenvalue weighted by Crippen LogP contribution is -2.38. The van der Waals surface area contributed by atoms with Gasteiger partial charge >= 0.3 is 5.97 Å². The summed E-state index contributed by atoms with van der Waals surface area (Å²) in [6, 6.07) is 0.0342. The van der Waals surface area contributed by atoms with Gasteiger partial charge < -0.3 is 4.74 Å². The number of hydrogen-bond donors (Lipinski definition) is 0. The number of nitrogens with zero attached hydrogens (tertiary/aromatic N) is 1. The Morgan fingerprint density at radius 1 is 1.27 bits per heavy atom. The van der Waals surface area contributed by atoms with Crippen molar-refractivity contribution >= 4 is 5.97 Å². The molecule has 15 heavy (non-hydrogen) atoms. The summed E-state index contributed by atoms with van der Waals surface area (Å²) in [5, 5.41) is 0. The van der Waals surface area contributed by atoms with Crippen LogP contribution in [0.15, 0.2) is 0 Å². The molecule has 2 aliphatic rings. The predicted octanol–water partition coefficient (Wildman–Crippen LogP) is 1.81. The summed E-state index contributed by atoms with van der Waals surface area (Å²) in [6.45, 7) is 1.68. The standard InChI is InChI=1S/C12H21NO2/c1-13(11-7-8-15-12(11)14)9-10-5-3-2-4-6-10/h10-11H,2-9H2,1H3/t11-/m0/s1. The van der Waals surface area contributed by atoms with Gasteiger partial charge in [0.25, 0.3) is 0 Å². The molecule has 2 rings (SSSR count). The molecule has 0 amide bonds. The lowest BCUT2D eigenvalue weighted by atomic mass is 9.89. The maximum absolute atomic E-state index is 11.4. The van der Waals surface area contributed by atoms with Gasteiger partial charge in [0.2, 0.25) is 0 Å². The van der Waals surface area contributed by atoms with E-state index in [1.165, 1.54) is 32.1 Å². The van der Waals surface area contributed by atoms with Crippen LogP contribution in [0.5, 0.6) is 0 Å². The van der Waals surface area contributed by atoms with E-state index in [1.54, 1.807) is 0 Å². The molecular weight excluding hydrogens is 190 g/mol. The van der Waals surface area contributed by atoms with Gasteiger partial charge in [-0.05, 0) is 25.8 Å². The lowest BCUT2D eigenvalue weighted by molar-refractivity contribution is -0.142. The van der Waals surface area contributed by atoms with Crippen molar-refractivity contribution in [2.45, 2.75) is 44.6 Å². The molecule has 86 valence electrons. The first-order valence-corrected chi connectivity index (χ1v) is 6.14. The first-order chi connectivity index (χ1) is 7.27. The van der Waals surface area contributed by atoms with E-state index >= 15 is 0 Å². The van der Waals surface area contributed by atoms with E-state index in [0.29, 0.717) is 6.61 Å². The van der Waals surface area contributed by atoms with Crippen LogP contribution < -0.4 is 0 Å². The molecule has 0 unspecified atom stereocenters. The van der Waals surface area contributed by atoms with Crippen molar-refractivity contribution in [1.29, 1.82) is 0 Å². The van der Waals surface area contributed by atoms with E-state index in [-0.39, 0.29) is 12.0 Å². The molecule has 0 spiro atoms. The first kappa shape index (κ1) is 10.9. The minimum Gasteiger partial charge on any atom is -0.464 e. The average Bonchev–Trinajstić information content (AvgIpc) is 2.66. The molecule has 0 aromatic carbocycles. The monoisotopic (exact) mass is 211 g/mol. The van der Waals surface area contributed by atoms with Crippen LogP contribution >= 0.6 is 0 Å². The van der Waals surface area contributed by atoms with Crippen LogP contribution in [-0.2, 0) is 9.53 Å². The fourth-order valence-corrected chi connectivity index (χ4v) is 2.79. The zero-order chi connectivity index (χ0) is 10.7. The molecule has 0 N–H and O–H groups in total. The highest BCUT2D eigenvalue weighted by Crippen LogP contribution is 2.25. The maximum Gasteiger partial charge on any atom is 0.323 e. The summed E-state index contributed by atoms with van der Waals surface area (Å²) in [5.41, 5.74) is 0. The Morgan fingerprint density at radius 2 is 2.00 bits per heavy atom. The van der Waals surface area contributed by atoms with Gasteiger partial charge in [0.15, 0.2) is 0 Å². The van der Waals surface area contributed by atoms with Crippen molar-refractivity contribution in [1.82, 2.24) is 4.90 Å². The number of carbonyl (C=O) groups excluding carboxylic acids is 1. The van der Waals surface area contributed by atoms with E-state index in [1.807, 2.05) is 0 Å². The maximum atomic E-state index is 11.4. The second kappa shape index (κ2) is 4.97. The molecule has 0 aromatic heterocycles. The van der Waals surface area contributed by atoms with Crippen molar-refractivity contribution in [3.8, 4) is 0 Å². The van der Waals surface area contributed by atoms with Crippen LogP contribution in [0.25, 0.3) is 0 Å². The highest BCUT2D eigenvalue weighted by Gasteiger charge is 2.31. The Balaban J connectivity index is 1.80. The van der Waals surface area contributed by atoms with Crippen LogP contribution in [-0.4, -0.2) is 37.1 Å². The van der Waals surface area contributed by atoms with Crippen molar-refractivity contribution < 1.29 is 9.53 Å². The molecule has 1 saturated carbocycles. The van der Waals surface area contributed by atoms with Gasteiger partial charge in [0, 0.05) is 13.0 Å². The molecule has 1 aliphatic carbocycles. The Labute approximate surface area is 91.8 Å². The predicted molar refractivity (Wildman–Crippen MR) is 58.6 cm³/mol. The SMILES string of the molecule is CN(CC1CCCCC1)[C@H]1CCOC1=O. The first-order valence-electron chi connectivity index (χ1n) is 6.14. The third kappa shape index (κ3) is 2.71. The summed E-state index contributed by atoms with van der Waals surface area (Å²) >= 11 is 0. The van der Waals surface area contributed by atoms with Crippen LogP contribution in [0.3, 0.4) is 0 Å². The minimum absolute atomic E-state index is 0.0201. The Kier molecular flexibility index (Phi) is 3.62. The zero-order valence-corrected chi connectivity index (χ0v) is 9.58. The molecule has 1 heterocycles. The number of rotatable bonds is 3. The van der Waals surface area contributed by atoms with Crippen LogP contribution in [0.2, 0.25) is 0 Å². The second-order valence-electron chi connectivity index (χ2n) is 4.92. The zero-order valence-electron chi connectivity index (χ0n) is 9.58. The van der Waals surface area contributed by atoms with Crippen molar-refractivity contribution in [3.63, 3.8) is 0 Å². The molecule has 1 saturated heterocycles. The number of likely N-dealkylation sites (N-methyl/N-ethyl adjacent to an activating group) is 1. The largest absolute Gasteiger partial charge is 0.464 e. The van der Waals surface area contributed by atoms with Gasteiger partial charge in [0.05, 0.1) is 6.61 Å². The molecule has 0 radical (unpaired) electrons. The molecule has 2 fully saturated rings. The van der Waals surface area contributed by atoms with Gasteiger partial charge in [-0.15, -0.1) is 0 Å². The Hall–Kier alpha value is -0.570. The molecule has 3 nitrogen and oxygen atoms in total. The third-order valence-electron chi connectivity index (χ3n) is 3.71. The summed E-state index contributed by atoms with van der Waals surface area (Å²) in [4.78, 5) is 13.6. The molecule has 1 atom stereocenters. The summed E-state index contributed by atoms with van der Waals surface area (Å²) in [7, 11) is 2.06. The third-order valence-corrected chi connectivity index (χ3v) is 3.71. The number of esters is 1. The minimum atomic E-state index is -0.0201. The highest BCUT2D eigenvalue weighted by molar-refractivity contribution is 5.77. The van der Waals surface area contributed by atoms with E-state index in [0.717, 1.165) is 18.9 Å². The Bertz CT molecular complexity index is 224. The van der Waals surface area contributed by atoms with Crippen LogP contribution in [0.1, 0.15) is 38.5 Å². The fourth-order valence-electron chi connectivity index (χ4n) is 2.79. The quantitative estimate of drug-likeness (QED) is 0.667. The number of hydrogen-bond acceptors (Lipinski definition) is 3. The molecular formula is C12H21NO2. The van der Waals surface area contributed by atoms with Gasteiger partial charge in [-0.3, -0.25) is 9.69 Å².